The van der Waals surface area contributed by atoms with E-state index < -0.39 is 47.6 Å². The summed E-state index contributed by atoms with van der Waals surface area (Å²) in [6.07, 6.45) is 5.07. The van der Waals surface area contributed by atoms with E-state index in [-0.39, 0.29) is 49.3 Å². The summed E-state index contributed by atoms with van der Waals surface area (Å²) in [6.45, 7) is 15.1. The SMILES string of the molecule is C=CCCC(=O)OC[C@@H](NC(=O)[C@@H]1[C@@H]2CC[C@]3(O2)[C@H](C(=O)N(CC=C)C(C)C)N([C@@H](CO)[C@@H](C)CC)C(=O)[C@@H]13)c1ccccc1. The molecule has 3 fully saturated rings. The van der Waals surface area contributed by atoms with E-state index in [1.807, 2.05) is 58.0 Å². The fraction of sp³-hybridized carbons (Fsp3) is 0.600. The third-order valence-electron chi connectivity index (χ3n) is 9.83. The molecule has 1 aromatic rings. The number of hydrogen-bond acceptors (Lipinski definition) is 7. The Labute approximate surface area is 266 Å². The molecule has 0 saturated carbocycles. The van der Waals surface area contributed by atoms with E-state index in [1.54, 1.807) is 17.1 Å². The van der Waals surface area contributed by atoms with Gasteiger partial charge in [0.25, 0.3) is 0 Å². The lowest BCUT2D eigenvalue weighted by Gasteiger charge is -2.41. The number of carbonyl (C=O) groups is 4. The fourth-order valence-electron chi connectivity index (χ4n) is 7.34. The molecule has 246 valence electrons. The second-order valence-electron chi connectivity index (χ2n) is 12.8. The van der Waals surface area contributed by atoms with Crippen molar-refractivity contribution in [2.24, 2.45) is 17.8 Å². The number of hydrogen-bond donors (Lipinski definition) is 2. The Balaban J connectivity index is 1.69. The van der Waals surface area contributed by atoms with Gasteiger partial charge in [-0.15, -0.1) is 13.2 Å². The third-order valence-corrected chi connectivity index (χ3v) is 9.83. The number of fused-ring (bicyclic) bond motifs is 1. The van der Waals surface area contributed by atoms with Gasteiger partial charge < -0.3 is 29.7 Å². The van der Waals surface area contributed by atoms with Crippen LogP contribution in [0.2, 0.25) is 0 Å². The molecule has 2 N–H and O–H groups in total. The summed E-state index contributed by atoms with van der Waals surface area (Å²) in [5, 5.41) is 13.6. The molecule has 3 saturated heterocycles. The van der Waals surface area contributed by atoms with E-state index in [2.05, 4.69) is 18.5 Å². The third kappa shape index (κ3) is 6.58. The van der Waals surface area contributed by atoms with Crippen LogP contribution in [0, 0.1) is 17.8 Å². The van der Waals surface area contributed by atoms with Crippen LogP contribution in [-0.2, 0) is 28.7 Å². The second kappa shape index (κ2) is 14.7. The zero-order chi connectivity index (χ0) is 32.9. The summed E-state index contributed by atoms with van der Waals surface area (Å²) in [5.74, 6) is -3.24. The molecule has 10 heteroatoms. The van der Waals surface area contributed by atoms with Crippen molar-refractivity contribution >= 4 is 23.7 Å². The van der Waals surface area contributed by atoms with Crippen LogP contribution in [-0.4, -0.2) is 88.2 Å². The first-order valence-corrected chi connectivity index (χ1v) is 16.2. The minimum Gasteiger partial charge on any atom is -0.463 e. The van der Waals surface area contributed by atoms with Gasteiger partial charge in [-0.1, -0.05) is 62.8 Å². The van der Waals surface area contributed by atoms with E-state index in [1.165, 1.54) is 4.90 Å². The van der Waals surface area contributed by atoms with E-state index in [9.17, 15) is 24.3 Å². The molecule has 3 amide bonds. The van der Waals surface area contributed by atoms with Crippen LogP contribution >= 0.6 is 0 Å². The smallest absolute Gasteiger partial charge is 0.306 e. The predicted molar refractivity (Wildman–Crippen MR) is 170 cm³/mol. The van der Waals surface area contributed by atoms with Gasteiger partial charge in [0.15, 0.2) is 0 Å². The maximum Gasteiger partial charge on any atom is 0.306 e. The molecule has 4 rings (SSSR count). The van der Waals surface area contributed by atoms with Gasteiger partial charge in [0.1, 0.15) is 18.2 Å². The van der Waals surface area contributed by atoms with E-state index >= 15 is 0 Å². The molecule has 0 unspecified atom stereocenters. The highest BCUT2D eigenvalue weighted by atomic mass is 16.5. The average Bonchev–Trinajstić information content (AvgIpc) is 3.68. The van der Waals surface area contributed by atoms with E-state index in [4.69, 9.17) is 9.47 Å². The van der Waals surface area contributed by atoms with Crippen molar-refractivity contribution in [3.8, 4) is 0 Å². The van der Waals surface area contributed by atoms with Gasteiger partial charge >= 0.3 is 5.97 Å². The van der Waals surface area contributed by atoms with Crippen LogP contribution in [0.25, 0.3) is 0 Å². The van der Waals surface area contributed by atoms with Gasteiger partial charge in [0, 0.05) is 19.0 Å². The Morgan fingerprint density at radius 3 is 2.51 bits per heavy atom. The molecule has 0 radical (unpaired) electrons. The van der Waals surface area contributed by atoms with Crippen molar-refractivity contribution in [3.05, 3.63) is 61.2 Å². The molecule has 3 aliphatic heterocycles. The lowest BCUT2D eigenvalue weighted by atomic mass is 9.70. The first-order valence-electron chi connectivity index (χ1n) is 16.2. The topological polar surface area (TPSA) is 125 Å². The van der Waals surface area contributed by atoms with Crippen molar-refractivity contribution in [1.29, 1.82) is 0 Å². The lowest BCUT2D eigenvalue weighted by Crippen LogP contribution is -2.60. The lowest BCUT2D eigenvalue weighted by molar-refractivity contribution is -0.153. The minimum atomic E-state index is -1.20. The zero-order valence-electron chi connectivity index (χ0n) is 27.0. The molecule has 8 atom stereocenters. The number of aliphatic hydroxyl groups is 1. The largest absolute Gasteiger partial charge is 0.463 e. The number of amides is 3. The van der Waals surface area contributed by atoms with Gasteiger partial charge in [0.05, 0.1) is 36.6 Å². The standard InChI is InChI=1S/C35H49N3O7/c1-7-10-16-28(40)44-21-25(24-14-12-11-13-15-24)36-32(41)29-27-17-18-35(45-27)30(29)33(42)38(26(20-39)23(6)9-3)31(35)34(43)37(19-8-2)22(4)5/h7-8,11-15,22-23,25-27,29-31,39H,1-2,9-10,16-21H2,3-6H3,(H,36,41)/t23-,25+,26-,27-,29+,30+,31-,35+/m0/s1. The molecular formula is C35H49N3O7. The van der Waals surface area contributed by atoms with Gasteiger partial charge in [-0.2, -0.15) is 0 Å². The van der Waals surface area contributed by atoms with Crippen LogP contribution in [0.3, 0.4) is 0 Å². The summed E-state index contributed by atoms with van der Waals surface area (Å²) < 4.78 is 12.1. The van der Waals surface area contributed by atoms with Crippen LogP contribution in [0.4, 0.5) is 0 Å². The van der Waals surface area contributed by atoms with Crippen molar-refractivity contribution < 1.29 is 33.8 Å². The van der Waals surface area contributed by atoms with Crippen LogP contribution in [0.1, 0.15) is 71.4 Å². The molecule has 2 bridgehead atoms. The minimum absolute atomic E-state index is 0.0769. The number of rotatable bonds is 16. The molecule has 10 nitrogen and oxygen atoms in total. The fourth-order valence-corrected chi connectivity index (χ4v) is 7.34. The summed E-state index contributed by atoms with van der Waals surface area (Å²) in [6, 6.07) is 6.80. The molecule has 3 aliphatic rings. The Morgan fingerprint density at radius 1 is 1.20 bits per heavy atom. The molecule has 3 heterocycles. The first kappa shape index (κ1) is 34.4. The van der Waals surface area contributed by atoms with Crippen LogP contribution in [0.15, 0.2) is 55.6 Å². The maximum absolute atomic E-state index is 14.5. The number of carbonyl (C=O) groups excluding carboxylic acids is 4. The number of nitrogens with zero attached hydrogens (tertiary/aromatic N) is 2. The number of likely N-dealkylation sites (tertiary alicyclic amines) is 1. The maximum atomic E-state index is 14.5. The zero-order valence-corrected chi connectivity index (χ0v) is 27.0. The summed E-state index contributed by atoms with van der Waals surface area (Å²) in [4.78, 5) is 58.7. The van der Waals surface area contributed by atoms with E-state index in [0.717, 1.165) is 5.56 Å². The van der Waals surface area contributed by atoms with Crippen molar-refractivity contribution in [2.45, 2.75) is 95.7 Å². The monoisotopic (exact) mass is 623 g/mol. The average molecular weight is 624 g/mol. The van der Waals surface area contributed by atoms with Gasteiger partial charge in [-0.05, 0) is 44.6 Å². The number of allylic oxidation sites excluding steroid dienone is 1. The number of aliphatic hydroxyl groups excluding tert-OH is 1. The summed E-state index contributed by atoms with van der Waals surface area (Å²) in [5.41, 5.74) is -0.446. The molecule has 0 aliphatic carbocycles. The molecular weight excluding hydrogens is 574 g/mol. The number of nitrogens with one attached hydrogen (secondary N) is 1. The molecule has 0 aromatic heterocycles. The quantitative estimate of drug-likeness (QED) is 0.213. The second-order valence-corrected chi connectivity index (χ2v) is 12.8. The molecule has 45 heavy (non-hydrogen) atoms. The molecule has 1 spiro atoms. The van der Waals surface area contributed by atoms with Gasteiger partial charge in [-0.3, -0.25) is 19.2 Å². The van der Waals surface area contributed by atoms with Crippen molar-refractivity contribution in [2.75, 3.05) is 19.8 Å². The predicted octanol–water partition coefficient (Wildman–Crippen LogP) is 3.56. The summed E-state index contributed by atoms with van der Waals surface area (Å²) in [7, 11) is 0. The highest BCUT2D eigenvalue weighted by Crippen LogP contribution is 2.59. The highest BCUT2D eigenvalue weighted by molar-refractivity contribution is 5.99. The van der Waals surface area contributed by atoms with Gasteiger partial charge in [-0.25, -0.2) is 0 Å². The Kier molecular flexibility index (Phi) is 11.3. The van der Waals surface area contributed by atoms with Gasteiger partial charge in [0.2, 0.25) is 17.7 Å². The number of benzene rings is 1. The summed E-state index contributed by atoms with van der Waals surface area (Å²) >= 11 is 0. The van der Waals surface area contributed by atoms with Crippen molar-refractivity contribution in [1.82, 2.24) is 15.1 Å². The molecule has 1 aromatic carbocycles. The van der Waals surface area contributed by atoms with Crippen LogP contribution in [0.5, 0.6) is 0 Å². The Hall–Kier alpha value is -3.50. The van der Waals surface area contributed by atoms with E-state index in [0.29, 0.717) is 32.2 Å². The Bertz CT molecular complexity index is 1250. The first-order chi connectivity index (χ1) is 21.6. The Morgan fingerprint density at radius 2 is 1.91 bits per heavy atom. The normalized spacial score (nSPS) is 27.1. The number of esters is 1. The van der Waals surface area contributed by atoms with Crippen molar-refractivity contribution in [3.63, 3.8) is 0 Å². The number of ether oxygens (including phenoxy) is 2. The highest BCUT2D eigenvalue weighted by Gasteiger charge is 2.75. The van der Waals surface area contributed by atoms with Crippen LogP contribution < -0.4 is 5.32 Å².